The third kappa shape index (κ3) is 3.01. The Balaban J connectivity index is 1.57. The summed E-state index contributed by atoms with van der Waals surface area (Å²) in [5.41, 5.74) is 2.55. The number of nitrogens with zero attached hydrogens (tertiary/aromatic N) is 2. The molecule has 1 unspecified atom stereocenters. The van der Waals surface area contributed by atoms with Gasteiger partial charge in [-0.1, -0.05) is 12.1 Å². The third-order valence-corrected chi connectivity index (χ3v) is 6.00. The van der Waals surface area contributed by atoms with Crippen LogP contribution in [0.1, 0.15) is 6.92 Å². The van der Waals surface area contributed by atoms with Crippen molar-refractivity contribution >= 4 is 38.2 Å². The van der Waals surface area contributed by atoms with Crippen LogP contribution in [0.15, 0.2) is 57.7 Å². The highest BCUT2D eigenvalue weighted by Crippen LogP contribution is 2.31. The molecule has 5 nitrogen and oxygen atoms in total. The minimum atomic E-state index is -0.0319. The summed E-state index contributed by atoms with van der Waals surface area (Å²) in [5.74, 6) is 0.525. The number of hydrogen-bond donors (Lipinski definition) is 1. The first-order chi connectivity index (χ1) is 13.2. The fourth-order valence-corrected chi connectivity index (χ4v) is 4.51. The highest BCUT2D eigenvalue weighted by molar-refractivity contribution is 7.21. The molecule has 1 atom stereocenters. The molecule has 0 aliphatic carbocycles. The Labute approximate surface area is 160 Å². The van der Waals surface area contributed by atoms with Crippen molar-refractivity contribution in [1.29, 1.82) is 0 Å². The summed E-state index contributed by atoms with van der Waals surface area (Å²) < 4.78 is 7.12. The maximum atomic E-state index is 12.8. The average Bonchev–Trinajstić information content (AvgIpc) is 3.12. The summed E-state index contributed by atoms with van der Waals surface area (Å²) >= 11 is 1.53. The molecule has 1 aliphatic heterocycles. The zero-order valence-corrected chi connectivity index (χ0v) is 15.8. The highest BCUT2D eigenvalue weighted by Gasteiger charge is 2.17. The van der Waals surface area contributed by atoms with Crippen LogP contribution >= 0.6 is 11.3 Å². The second-order valence-corrected chi connectivity index (χ2v) is 7.97. The van der Waals surface area contributed by atoms with E-state index in [0.29, 0.717) is 22.8 Å². The molecule has 27 heavy (non-hydrogen) atoms. The van der Waals surface area contributed by atoms with Crippen molar-refractivity contribution < 1.29 is 4.42 Å². The van der Waals surface area contributed by atoms with Crippen LogP contribution in [-0.4, -0.2) is 30.7 Å². The van der Waals surface area contributed by atoms with Gasteiger partial charge in [-0.3, -0.25) is 4.79 Å². The molecular formula is C21H19N3O2S. The van der Waals surface area contributed by atoms with Crippen LogP contribution in [0.2, 0.25) is 0 Å². The number of thiazole rings is 1. The number of aromatic nitrogens is 1. The predicted molar refractivity (Wildman–Crippen MR) is 111 cm³/mol. The van der Waals surface area contributed by atoms with Gasteiger partial charge in [-0.2, -0.15) is 0 Å². The largest absolute Gasteiger partial charge is 0.453 e. The van der Waals surface area contributed by atoms with E-state index in [-0.39, 0.29) is 5.43 Å². The molecule has 0 amide bonds. The predicted octanol–water partition coefficient (Wildman–Crippen LogP) is 3.87. The van der Waals surface area contributed by atoms with E-state index in [1.165, 1.54) is 11.3 Å². The van der Waals surface area contributed by atoms with Crippen molar-refractivity contribution in [1.82, 2.24) is 10.3 Å². The normalized spacial score (nSPS) is 17.7. The molecular weight excluding hydrogens is 358 g/mol. The summed E-state index contributed by atoms with van der Waals surface area (Å²) in [5, 5.41) is 4.79. The van der Waals surface area contributed by atoms with Crippen LogP contribution in [-0.2, 0) is 0 Å². The summed E-state index contributed by atoms with van der Waals surface area (Å²) in [6, 6.07) is 15.8. The summed E-state index contributed by atoms with van der Waals surface area (Å²) in [7, 11) is 0. The fourth-order valence-electron chi connectivity index (χ4n) is 3.59. The van der Waals surface area contributed by atoms with Gasteiger partial charge in [-0.25, -0.2) is 4.98 Å². The Hall–Kier alpha value is -2.70. The molecule has 1 N–H and O–H groups in total. The van der Waals surface area contributed by atoms with Crippen LogP contribution in [0.3, 0.4) is 0 Å². The van der Waals surface area contributed by atoms with Crippen LogP contribution < -0.4 is 15.6 Å². The summed E-state index contributed by atoms with van der Waals surface area (Å²) in [4.78, 5) is 19.7. The summed E-state index contributed by atoms with van der Waals surface area (Å²) in [6.45, 7) is 4.99. The number of para-hydroxylation sites is 1. The average molecular weight is 377 g/mol. The molecule has 0 radical (unpaired) electrons. The van der Waals surface area contributed by atoms with Gasteiger partial charge in [0.05, 0.1) is 15.6 Å². The van der Waals surface area contributed by atoms with Gasteiger partial charge in [-0.15, -0.1) is 11.3 Å². The quantitative estimate of drug-likeness (QED) is 0.575. The second kappa shape index (κ2) is 6.48. The molecule has 6 heteroatoms. The zero-order valence-electron chi connectivity index (χ0n) is 14.9. The van der Waals surface area contributed by atoms with Crippen molar-refractivity contribution in [3.8, 4) is 10.8 Å². The van der Waals surface area contributed by atoms with Crippen molar-refractivity contribution in [3.63, 3.8) is 0 Å². The van der Waals surface area contributed by atoms with E-state index in [1.54, 1.807) is 6.07 Å². The van der Waals surface area contributed by atoms with Crippen LogP contribution in [0, 0.1) is 0 Å². The van der Waals surface area contributed by atoms with E-state index >= 15 is 0 Å². The molecule has 1 fully saturated rings. The Morgan fingerprint density at radius 1 is 1.22 bits per heavy atom. The monoisotopic (exact) mass is 377 g/mol. The first-order valence-electron chi connectivity index (χ1n) is 9.09. The zero-order chi connectivity index (χ0) is 18.4. The van der Waals surface area contributed by atoms with Crippen molar-refractivity contribution in [3.05, 3.63) is 58.8 Å². The standard InChI is InChI=1S/C21H19N3O2S/c1-13-12-24(9-8-22-13)14-6-7-18-15(10-14)17(25)11-19(26-18)21-23-16-4-2-3-5-20(16)27-21/h2-7,10-11,13,22H,8-9,12H2,1H3. The minimum absolute atomic E-state index is 0.0319. The van der Waals surface area contributed by atoms with Crippen molar-refractivity contribution in [2.24, 2.45) is 0 Å². The maximum absolute atomic E-state index is 12.8. The third-order valence-electron chi connectivity index (χ3n) is 4.95. The molecule has 0 bridgehead atoms. The lowest BCUT2D eigenvalue weighted by molar-refractivity contribution is 0.485. The molecule has 1 aliphatic rings. The number of fused-ring (bicyclic) bond motifs is 2. The first-order valence-corrected chi connectivity index (χ1v) is 9.91. The van der Waals surface area contributed by atoms with Gasteiger partial charge in [0.2, 0.25) is 0 Å². The Kier molecular flexibility index (Phi) is 3.95. The molecule has 1 saturated heterocycles. The van der Waals surface area contributed by atoms with Gasteiger partial charge in [0.1, 0.15) is 5.58 Å². The van der Waals surface area contributed by atoms with Crippen molar-refractivity contribution in [2.75, 3.05) is 24.5 Å². The van der Waals surface area contributed by atoms with E-state index < -0.39 is 0 Å². The van der Waals surface area contributed by atoms with E-state index in [1.807, 2.05) is 42.5 Å². The van der Waals surface area contributed by atoms with Gasteiger partial charge in [0.25, 0.3) is 0 Å². The maximum Gasteiger partial charge on any atom is 0.193 e. The number of anilines is 1. The van der Waals surface area contributed by atoms with Crippen molar-refractivity contribution in [2.45, 2.75) is 13.0 Å². The van der Waals surface area contributed by atoms with Crippen LogP contribution in [0.4, 0.5) is 5.69 Å². The topological polar surface area (TPSA) is 58.4 Å². The van der Waals surface area contributed by atoms with Crippen LogP contribution in [0.5, 0.6) is 0 Å². The molecule has 3 heterocycles. The van der Waals surface area contributed by atoms with E-state index in [4.69, 9.17) is 4.42 Å². The lowest BCUT2D eigenvalue weighted by Gasteiger charge is -2.33. The fraction of sp³-hybridized carbons (Fsp3) is 0.238. The number of rotatable bonds is 2. The van der Waals surface area contributed by atoms with E-state index in [2.05, 4.69) is 22.1 Å². The van der Waals surface area contributed by atoms with Gasteiger partial charge < -0.3 is 14.6 Å². The lowest BCUT2D eigenvalue weighted by atomic mass is 10.1. The van der Waals surface area contributed by atoms with Gasteiger partial charge in [0.15, 0.2) is 16.2 Å². The molecule has 0 spiro atoms. The van der Waals surface area contributed by atoms with Gasteiger partial charge in [-0.05, 0) is 37.3 Å². The molecule has 0 saturated carbocycles. The molecule has 4 aromatic rings. The number of nitrogens with one attached hydrogen (secondary N) is 1. The Morgan fingerprint density at radius 3 is 2.96 bits per heavy atom. The van der Waals surface area contributed by atoms with E-state index in [0.717, 1.165) is 40.5 Å². The Bertz CT molecular complexity index is 1160. The van der Waals surface area contributed by atoms with Gasteiger partial charge in [0, 0.05) is 37.4 Å². The number of hydrogen-bond acceptors (Lipinski definition) is 6. The first kappa shape index (κ1) is 16.5. The minimum Gasteiger partial charge on any atom is -0.453 e. The molecule has 2 aromatic carbocycles. The number of benzene rings is 2. The number of piperazine rings is 1. The SMILES string of the molecule is CC1CN(c2ccc3oc(-c4nc5ccccc5s4)cc(=O)c3c2)CCN1. The Morgan fingerprint density at radius 2 is 2.11 bits per heavy atom. The van der Waals surface area contributed by atoms with E-state index in [9.17, 15) is 4.79 Å². The van der Waals surface area contributed by atoms with Crippen LogP contribution in [0.25, 0.3) is 32.0 Å². The van der Waals surface area contributed by atoms with Gasteiger partial charge >= 0.3 is 0 Å². The summed E-state index contributed by atoms with van der Waals surface area (Å²) in [6.07, 6.45) is 0. The lowest BCUT2D eigenvalue weighted by Crippen LogP contribution is -2.49. The smallest absolute Gasteiger partial charge is 0.193 e. The molecule has 2 aromatic heterocycles. The second-order valence-electron chi connectivity index (χ2n) is 6.94. The highest BCUT2D eigenvalue weighted by atomic mass is 32.1. The molecule has 136 valence electrons. The molecule has 5 rings (SSSR count).